The largest absolute Gasteiger partial charge is 0.393 e. The monoisotopic (exact) mass is 182 g/mol. The number of hydrogen-bond donors (Lipinski definition) is 1. The lowest BCUT2D eigenvalue weighted by Gasteiger charge is -2.08. The molecule has 0 unspecified atom stereocenters. The molecular formula is C11H15FO. The second-order valence-corrected chi connectivity index (χ2v) is 3.40. The lowest BCUT2D eigenvalue weighted by Crippen LogP contribution is -2.08. The van der Waals surface area contributed by atoms with Crippen LogP contribution in [0.3, 0.4) is 0 Å². The summed E-state index contributed by atoms with van der Waals surface area (Å²) in [7, 11) is 0. The Morgan fingerprint density at radius 3 is 2.62 bits per heavy atom. The summed E-state index contributed by atoms with van der Waals surface area (Å²) < 4.78 is 12.9. The first-order valence-electron chi connectivity index (χ1n) is 4.56. The van der Waals surface area contributed by atoms with Crippen LogP contribution in [0.4, 0.5) is 4.39 Å². The molecule has 0 aromatic heterocycles. The van der Waals surface area contributed by atoms with Crippen LogP contribution in [0.15, 0.2) is 18.2 Å². The van der Waals surface area contributed by atoms with Crippen LogP contribution in [-0.2, 0) is 6.42 Å². The van der Waals surface area contributed by atoms with E-state index in [9.17, 15) is 9.50 Å². The highest BCUT2D eigenvalue weighted by Crippen LogP contribution is 2.11. The number of benzene rings is 1. The van der Waals surface area contributed by atoms with E-state index in [0.717, 1.165) is 11.1 Å². The van der Waals surface area contributed by atoms with E-state index in [4.69, 9.17) is 0 Å². The van der Waals surface area contributed by atoms with Crippen LogP contribution in [0, 0.1) is 12.7 Å². The number of aliphatic hydroxyl groups excluding tert-OH is 1. The molecule has 1 atom stereocenters. The Kier molecular flexibility index (Phi) is 3.43. The average molecular weight is 182 g/mol. The second kappa shape index (κ2) is 4.38. The van der Waals surface area contributed by atoms with Crippen LogP contribution in [-0.4, -0.2) is 11.2 Å². The van der Waals surface area contributed by atoms with Crippen LogP contribution in [0.2, 0.25) is 0 Å². The lowest BCUT2D eigenvalue weighted by atomic mass is 10.0. The molecule has 0 spiro atoms. The third-order valence-electron chi connectivity index (χ3n) is 2.04. The number of aryl methyl sites for hydroxylation is 1. The molecule has 13 heavy (non-hydrogen) atoms. The Labute approximate surface area is 78.2 Å². The molecule has 0 aliphatic carbocycles. The van der Waals surface area contributed by atoms with Crippen LogP contribution < -0.4 is 0 Å². The van der Waals surface area contributed by atoms with Crippen molar-refractivity contribution in [1.29, 1.82) is 0 Å². The fraction of sp³-hybridized carbons (Fsp3) is 0.455. The van der Waals surface area contributed by atoms with E-state index in [1.165, 1.54) is 12.1 Å². The molecule has 0 fully saturated rings. The molecule has 0 bridgehead atoms. The van der Waals surface area contributed by atoms with Gasteiger partial charge in [0.25, 0.3) is 0 Å². The van der Waals surface area contributed by atoms with Gasteiger partial charge in [-0.25, -0.2) is 4.39 Å². The van der Waals surface area contributed by atoms with Crippen molar-refractivity contribution < 1.29 is 9.50 Å². The quantitative estimate of drug-likeness (QED) is 0.761. The predicted molar refractivity (Wildman–Crippen MR) is 51.1 cm³/mol. The molecular weight excluding hydrogens is 167 g/mol. The molecule has 0 amide bonds. The standard InChI is InChI=1S/C11H15FO/c1-3-11(13)7-9-4-8(2)5-10(12)6-9/h4-6,11,13H,3,7H2,1-2H3/t11-/m1/s1. The van der Waals surface area contributed by atoms with Crippen LogP contribution in [0.5, 0.6) is 0 Å². The average Bonchev–Trinajstić information content (AvgIpc) is 2.02. The zero-order valence-corrected chi connectivity index (χ0v) is 8.05. The SMILES string of the molecule is CC[C@@H](O)Cc1cc(C)cc(F)c1. The second-order valence-electron chi connectivity index (χ2n) is 3.40. The van der Waals surface area contributed by atoms with Crippen molar-refractivity contribution in [2.75, 3.05) is 0 Å². The zero-order chi connectivity index (χ0) is 9.84. The highest BCUT2D eigenvalue weighted by atomic mass is 19.1. The van der Waals surface area contributed by atoms with E-state index in [1.807, 2.05) is 19.9 Å². The molecule has 72 valence electrons. The van der Waals surface area contributed by atoms with Gasteiger partial charge in [-0.3, -0.25) is 0 Å². The first kappa shape index (κ1) is 10.2. The number of hydrogen-bond acceptors (Lipinski definition) is 1. The number of aliphatic hydroxyl groups is 1. The van der Waals surface area contributed by atoms with E-state index in [2.05, 4.69) is 0 Å². The van der Waals surface area contributed by atoms with Crippen molar-refractivity contribution in [2.45, 2.75) is 32.8 Å². The smallest absolute Gasteiger partial charge is 0.123 e. The summed E-state index contributed by atoms with van der Waals surface area (Å²) >= 11 is 0. The van der Waals surface area contributed by atoms with Crippen molar-refractivity contribution in [3.8, 4) is 0 Å². The molecule has 0 saturated heterocycles. The molecule has 1 nitrogen and oxygen atoms in total. The minimum atomic E-state index is -0.360. The summed E-state index contributed by atoms with van der Waals surface area (Å²) in [5.74, 6) is -0.224. The van der Waals surface area contributed by atoms with Crippen LogP contribution >= 0.6 is 0 Å². The third kappa shape index (κ3) is 3.15. The molecule has 2 heteroatoms. The molecule has 0 heterocycles. The number of rotatable bonds is 3. The van der Waals surface area contributed by atoms with Gasteiger partial charge in [0.15, 0.2) is 0 Å². The third-order valence-corrected chi connectivity index (χ3v) is 2.04. The fourth-order valence-corrected chi connectivity index (χ4v) is 1.35. The van der Waals surface area contributed by atoms with Gasteiger partial charge in [-0.2, -0.15) is 0 Å². The first-order chi connectivity index (χ1) is 6.11. The summed E-state index contributed by atoms with van der Waals surface area (Å²) in [6, 6.07) is 4.87. The van der Waals surface area contributed by atoms with Crippen molar-refractivity contribution in [3.63, 3.8) is 0 Å². The van der Waals surface area contributed by atoms with Gasteiger partial charge in [0.2, 0.25) is 0 Å². The minimum absolute atomic E-state index is 0.224. The van der Waals surface area contributed by atoms with Crippen molar-refractivity contribution in [1.82, 2.24) is 0 Å². The maximum Gasteiger partial charge on any atom is 0.123 e. The maximum atomic E-state index is 12.9. The maximum absolute atomic E-state index is 12.9. The molecule has 0 aliphatic rings. The van der Waals surface area contributed by atoms with Crippen molar-refractivity contribution in [2.24, 2.45) is 0 Å². The summed E-state index contributed by atoms with van der Waals surface area (Å²) in [4.78, 5) is 0. The fourth-order valence-electron chi connectivity index (χ4n) is 1.35. The van der Waals surface area contributed by atoms with Gasteiger partial charge in [0.05, 0.1) is 6.10 Å². The predicted octanol–water partition coefficient (Wildman–Crippen LogP) is 2.45. The highest BCUT2D eigenvalue weighted by Gasteiger charge is 2.04. The van der Waals surface area contributed by atoms with Gasteiger partial charge in [-0.1, -0.05) is 13.0 Å². The Balaban J connectivity index is 2.77. The normalized spacial score (nSPS) is 12.9. The van der Waals surface area contributed by atoms with E-state index >= 15 is 0 Å². The summed E-state index contributed by atoms with van der Waals surface area (Å²) in [5, 5.41) is 9.37. The lowest BCUT2D eigenvalue weighted by molar-refractivity contribution is 0.170. The van der Waals surface area contributed by atoms with Crippen molar-refractivity contribution in [3.05, 3.63) is 35.1 Å². The molecule has 1 aromatic carbocycles. The zero-order valence-electron chi connectivity index (χ0n) is 8.05. The van der Waals surface area contributed by atoms with E-state index in [-0.39, 0.29) is 11.9 Å². The molecule has 1 N–H and O–H groups in total. The van der Waals surface area contributed by atoms with Crippen molar-refractivity contribution >= 4 is 0 Å². The van der Waals surface area contributed by atoms with Crippen LogP contribution in [0.1, 0.15) is 24.5 Å². The summed E-state index contributed by atoms with van der Waals surface area (Å²) in [6.07, 6.45) is 0.881. The summed E-state index contributed by atoms with van der Waals surface area (Å²) in [6.45, 7) is 3.77. The summed E-state index contributed by atoms with van der Waals surface area (Å²) in [5.41, 5.74) is 1.77. The van der Waals surface area contributed by atoms with E-state index in [1.54, 1.807) is 0 Å². The van der Waals surface area contributed by atoms with Gasteiger partial charge in [-0.15, -0.1) is 0 Å². The number of halogens is 1. The Hall–Kier alpha value is -0.890. The minimum Gasteiger partial charge on any atom is -0.393 e. The molecule has 0 radical (unpaired) electrons. The molecule has 0 saturated carbocycles. The van der Waals surface area contributed by atoms with Gasteiger partial charge < -0.3 is 5.11 Å². The molecule has 1 aromatic rings. The van der Waals surface area contributed by atoms with E-state index in [0.29, 0.717) is 12.8 Å². The van der Waals surface area contributed by atoms with Gasteiger partial charge in [-0.05, 0) is 43.0 Å². The topological polar surface area (TPSA) is 20.2 Å². The van der Waals surface area contributed by atoms with Gasteiger partial charge >= 0.3 is 0 Å². The first-order valence-corrected chi connectivity index (χ1v) is 4.56. The highest BCUT2D eigenvalue weighted by molar-refractivity contribution is 5.24. The van der Waals surface area contributed by atoms with Gasteiger partial charge in [0.1, 0.15) is 5.82 Å². The Morgan fingerprint density at radius 2 is 2.08 bits per heavy atom. The van der Waals surface area contributed by atoms with Gasteiger partial charge in [0, 0.05) is 0 Å². The Morgan fingerprint density at radius 1 is 1.38 bits per heavy atom. The van der Waals surface area contributed by atoms with E-state index < -0.39 is 0 Å². The van der Waals surface area contributed by atoms with Crippen LogP contribution in [0.25, 0.3) is 0 Å². The molecule has 0 aliphatic heterocycles. The molecule has 1 rings (SSSR count). The Bertz CT molecular complexity index is 263.